The van der Waals surface area contributed by atoms with Gasteiger partial charge in [-0.05, 0) is 39.3 Å². The lowest BCUT2D eigenvalue weighted by Crippen LogP contribution is -2.38. The fourth-order valence-corrected chi connectivity index (χ4v) is 2.54. The maximum atomic E-state index is 13.8. The molecule has 25 heavy (non-hydrogen) atoms. The molecule has 0 spiro atoms. The second-order valence-corrected chi connectivity index (χ2v) is 7.10. The lowest BCUT2D eigenvalue weighted by molar-refractivity contribution is -0.137. The van der Waals surface area contributed by atoms with Crippen LogP contribution in [0.5, 0.6) is 0 Å². The van der Waals surface area contributed by atoms with Crippen LogP contribution in [0.25, 0.3) is 0 Å². The number of hydrogen-bond acceptors (Lipinski definition) is 3. The number of carbonyl (C=O) groups is 1. The molecule has 0 saturated carbocycles. The van der Waals surface area contributed by atoms with Crippen LogP contribution in [0.15, 0.2) is 18.2 Å². The Morgan fingerprint density at radius 2 is 2.00 bits per heavy atom. The van der Waals surface area contributed by atoms with Crippen molar-refractivity contribution in [3.8, 4) is 0 Å². The Labute approximate surface area is 144 Å². The number of nitrogens with one attached hydrogen (secondary N) is 1. The minimum Gasteiger partial charge on any atom is -0.444 e. The lowest BCUT2D eigenvalue weighted by Gasteiger charge is -2.24. The number of halogens is 4. The Morgan fingerprint density at radius 3 is 2.56 bits per heavy atom. The van der Waals surface area contributed by atoms with Crippen LogP contribution in [-0.2, 0) is 17.5 Å². The molecule has 1 atom stereocenters. The normalized spacial score (nSPS) is 18.5. The van der Waals surface area contributed by atoms with E-state index in [2.05, 4.69) is 5.32 Å². The van der Waals surface area contributed by atoms with Gasteiger partial charge in [-0.1, -0.05) is 6.07 Å². The molecule has 1 N–H and O–H groups in total. The van der Waals surface area contributed by atoms with Gasteiger partial charge in [0.1, 0.15) is 11.4 Å². The smallest absolute Gasteiger partial charge is 0.416 e. The third-order valence-electron chi connectivity index (χ3n) is 3.80. The quantitative estimate of drug-likeness (QED) is 0.828. The predicted octanol–water partition coefficient (Wildman–Crippen LogP) is 3.94. The number of nitrogens with zero attached hydrogens (tertiary/aromatic N) is 1. The molecular formula is C17H22F4N2O2. The van der Waals surface area contributed by atoms with E-state index < -0.39 is 29.3 Å². The molecule has 1 heterocycles. The van der Waals surface area contributed by atoms with Crippen molar-refractivity contribution in [3.05, 3.63) is 35.1 Å². The maximum absolute atomic E-state index is 13.8. The number of likely N-dealkylation sites (tertiary alicyclic amines) is 1. The molecule has 1 amide bonds. The van der Waals surface area contributed by atoms with Gasteiger partial charge in [-0.3, -0.25) is 0 Å². The summed E-state index contributed by atoms with van der Waals surface area (Å²) in [7, 11) is 0. The zero-order chi connectivity index (χ0) is 18.8. The van der Waals surface area contributed by atoms with Crippen molar-refractivity contribution in [1.29, 1.82) is 0 Å². The summed E-state index contributed by atoms with van der Waals surface area (Å²) in [5.41, 5.74) is -1.43. The van der Waals surface area contributed by atoms with Gasteiger partial charge in [-0.15, -0.1) is 0 Å². The molecule has 0 aromatic heterocycles. The fourth-order valence-electron chi connectivity index (χ4n) is 2.54. The predicted molar refractivity (Wildman–Crippen MR) is 84.5 cm³/mol. The van der Waals surface area contributed by atoms with Crippen LogP contribution < -0.4 is 5.32 Å². The first-order chi connectivity index (χ1) is 11.5. The van der Waals surface area contributed by atoms with E-state index >= 15 is 0 Å². The summed E-state index contributed by atoms with van der Waals surface area (Å²) in [6, 6.07) is 2.43. The molecule has 0 bridgehead atoms. The van der Waals surface area contributed by atoms with Crippen LogP contribution in [0.2, 0.25) is 0 Å². The molecule has 4 nitrogen and oxygen atoms in total. The molecule has 0 aliphatic carbocycles. The van der Waals surface area contributed by atoms with E-state index in [4.69, 9.17) is 4.74 Å². The van der Waals surface area contributed by atoms with E-state index in [1.807, 2.05) is 0 Å². The monoisotopic (exact) mass is 362 g/mol. The van der Waals surface area contributed by atoms with Crippen molar-refractivity contribution in [2.75, 3.05) is 13.1 Å². The van der Waals surface area contributed by atoms with Crippen LogP contribution in [0.1, 0.15) is 38.3 Å². The van der Waals surface area contributed by atoms with Gasteiger partial charge < -0.3 is 15.0 Å². The summed E-state index contributed by atoms with van der Waals surface area (Å²) >= 11 is 0. The highest BCUT2D eigenvalue weighted by Gasteiger charge is 2.32. The Kier molecular flexibility index (Phi) is 5.61. The number of ether oxygens (including phenoxy) is 1. The van der Waals surface area contributed by atoms with E-state index in [1.54, 1.807) is 25.7 Å². The second kappa shape index (κ2) is 7.19. The van der Waals surface area contributed by atoms with Gasteiger partial charge in [0.2, 0.25) is 0 Å². The summed E-state index contributed by atoms with van der Waals surface area (Å²) in [6.07, 6.45) is -4.30. The zero-order valence-corrected chi connectivity index (χ0v) is 14.4. The topological polar surface area (TPSA) is 41.6 Å². The van der Waals surface area contributed by atoms with E-state index in [-0.39, 0.29) is 18.2 Å². The Morgan fingerprint density at radius 1 is 1.32 bits per heavy atom. The summed E-state index contributed by atoms with van der Waals surface area (Å²) < 4.78 is 56.7. The third kappa shape index (κ3) is 5.59. The van der Waals surface area contributed by atoms with Crippen molar-refractivity contribution < 1.29 is 27.1 Å². The van der Waals surface area contributed by atoms with E-state index in [9.17, 15) is 22.4 Å². The Bertz CT molecular complexity index is 626. The van der Waals surface area contributed by atoms with Crippen molar-refractivity contribution in [2.24, 2.45) is 0 Å². The SMILES string of the molecule is CC(C)(C)OC(=O)N1CC[C@H](NCc2ccc(C(F)(F)F)cc2F)C1. The van der Waals surface area contributed by atoms with Gasteiger partial charge in [-0.25, -0.2) is 9.18 Å². The molecule has 1 aliphatic rings. The number of amides is 1. The molecule has 1 aliphatic heterocycles. The van der Waals surface area contributed by atoms with Gasteiger partial charge in [0, 0.05) is 31.2 Å². The van der Waals surface area contributed by atoms with Crippen LogP contribution in [0.3, 0.4) is 0 Å². The molecule has 2 rings (SSSR count). The number of alkyl halides is 3. The van der Waals surface area contributed by atoms with Crippen LogP contribution in [-0.4, -0.2) is 35.7 Å². The summed E-state index contributed by atoms with van der Waals surface area (Å²) in [5, 5.41) is 3.07. The molecule has 1 saturated heterocycles. The fraction of sp³-hybridized carbons (Fsp3) is 0.588. The highest BCUT2D eigenvalue weighted by molar-refractivity contribution is 5.68. The summed E-state index contributed by atoms with van der Waals surface area (Å²) in [5.74, 6) is -0.899. The second-order valence-electron chi connectivity index (χ2n) is 7.10. The minimum absolute atomic E-state index is 0.0609. The van der Waals surface area contributed by atoms with E-state index in [1.165, 1.54) is 0 Å². The van der Waals surface area contributed by atoms with E-state index in [0.29, 0.717) is 25.6 Å². The Balaban J connectivity index is 1.88. The van der Waals surface area contributed by atoms with Gasteiger partial charge in [0.05, 0.1) is 5.56 Å². The number of benzene rings is 1. The lowest BCUT2D eigenvalue weighted by atomic mass is 10.1. The first-order valence-electron chi connectivity index (χ1n) is 8.02. The molecule has 1 aromatic rings. The van der Waals surface area contributed by atoms with Crippen molar-refractivity contribution >= 4 is 6.09 Å². The van der Waals surface area contributed by atoms with E-state index in [0.717, 1.165) is 12.1 Å². The number of carbonyl (C=O) groups excluding carboxylic acids is 1. The largest absolute Gasteiger partial charge is 0.444 e. The minimum atomic E-state index is -4.56. The van der Waals surface area contributed by atoms with Gasteiger partial charge >= 0.3 is 12.3 Å². The summed E-state index contributed by atoms with van der Waals surface area (Å²) in [6.45, 7) is 6.37. The average Bonchev–Trinajstić information content (AvgIpc) is 2.92. The Hall–Kier alpha value is -1.83. The standard InChI is InChI=1S/C17H22F4N2O2/c1-16(2,3)25-15(24)23-7-6-13(10-23)22-9-11-4-5-12(8-14(11)18)17(19,20)21/h4-5,8,13,22H,6-7,9-10H2,1-3H3/t13-/m0/s1. The highest BCUT2D eigenvalue weighted by atomic mass is 19.4. The molecule has 1 aromatic carbocycles. The van der Waals surface area contributed by atoms with Crippen LogP contribution in [0.4, 0.5) is 22.4 Å². The molecule has 1 fully saturated rings. The molecule has 8 heteroatoms. The summed E-state index contributed by atoms with van der Waals surface area (Å²) in [4.78, 5) is 13.5. The number of hydrogen-bond donors (Lipinski definition) is 1. The van der Waals surface area contributed by atoms with Crippen LogP contribution >= 0.6 is 0 Å². The number of rotatable bonds is 3. The van der Waals surface area contributed by atoms with Gasteiger partial charge in [0.15, 0.2) is 0 Å². The molecule has 0 unspecified atom stereocenters. The van der Waals surface area contributed by atoms with Gasteiger partial charge in [0.25, 0.3) is 0 Å². The van der Waals surface area contributed by atoms with Crippen molar-refractivity contribution in [1.82, 2.24) is 10.2 Å². The molecule has 140 valence electrons. The first kappa shape index (κ1) is 19.5. The molecule has 0 radical (unpaired) electrons. The van der Waals surface area contributed by atoms with Crippen molar-refractivity contribution in [2.45, 2.75) is 51.6 Å². The first-order valence-corrected chi connectivity index (χ1v) is 8.02. The highest BCUT2D eigenvalue weighted by Crippen LogP contribution is 2.30. The van der Waals surface area contributed by atoms with Crippen molar-refractivity contribution in [3.63, 3.8) is 0 Å². The average molecular weight is 362 g/mol. The van der Waals surface area contributed by atoms with Crippen LogP contribution in [0, 0.1) is 5.82 Å². The zero-order valence-electron chi connectivity index (χ0n) is 14.4. The molecular weight excluding hydrogens is 340 g/mol. The maximum Gasteiger partial charge on any atom is 0.416 e. The third-order valence-corrected chi connectivity index (χ3v) is 3.80. The van der Waals surface area contributed by atoms with Gasteiger partial charge in [-0.2, -0.15) is 13.2 Å².